The van der Waals surface area contributed by atoms with Crippen LogP contribution in [0.2, 0.25) is 0 Å². The van der Waals surface area contributed by atoms with Gasteiger partial charge in [0.05, 0.1) is 0 Å². The standard InChI is InChI=1S/C16H14Te/c1-3-9-15(10-4-1)11-7-8-14-17-16-12-5-2-6-13-16/h1-14H/b11-7+,14-8+. The molecule has 0 amide bonds. The SMILES string of the molecule is C(/C=C/c1ccccc1)=C\[Te]c1ccccc1. The van der Waals surface area contributed by atoms with Gasteiger partial charge in [0.15, 0.2) is 0 Å². The average molecular weight is 334 g/mol. The van der Waals surface area contributed by atoms with Gasteiger partial charge in [-0.1, -0.05) is 0 Å². The molecular formula is C16H14Te. The Balaban J connectivity index is 1.85. The van der Waals surface area contributed by atoms with Gasteiger partial charge in [0, 0.05) is 0 Å². The zero-order valence-electron chi connectivity index (χ0n) is 9.49. The number of allylic oxidation sites excluding steroid dienone is 2. The van der Waals surface area contributed by atoms with Crippen LogP contribution in [-0.4, -0.2) is 20.9 Å². The van der Waals surface area contributed by atoms with Crippen molar-refractivity contribution >= 4 is 30.6 Å². The predicted octanol–water partition coefficient (Wildman–Crippen LogP) is 3.24. The van der Waals surface area contributed by atoms with Crippen molar-refractivity contribution < 1.29 is 0 Å². The maximum absolute atomic E-state index is 2.31. The minimum atomic E-state index is -0.165. The number of benzene rings is 2. The first-order valence-electron chi connectivity index (χ1n) is 5.55. The first-order chi connectivity index (χ1) is 8.45. The molecule has 0 saturated heterocycles. The van der Waals surface area contributed by atoms with Gasteiger partial charge in [-0.2, -0.15) is 0 Å². The van der Waals surface area contributed by atoms with Crippen molar-refractivity contribution in [2.24, 2.45) is 0 Å². The molecular weight excluding hydrogens is 320 g/mol. The molecule has 2 aromatic carbocycles. The summed E-state index contributed by atoms with van der Waals surface area (Å²) in [5, 5.41) is 0. The van der Waals surface area contributed by atoms with Crippen molar-refractivity contribution in [3.8, 4) is 0 Å². The molecule has 0 aliphatic heterocycles. The third kappa shape index (κ3) is 4.61. The molecule has 0 aliphatic carbocycles. The van der Waals surface area contributed by atoms with Crippen molar-refractivity contribution in [3.05, 3.63) is 82.5 Å². The topological polar surface area (TPSA) is 0 Å². The van der Waals surface area contributed by atoms with E-state index in [1.165, 1.54) is 9.17 Å². The van der Waals surface area contributed by atoms with Crippen LogP contribution in [0.25, 0.3) is 6.08 Å². The summed E-state index contributed by atoms with van der Waals surface area (Å²) in [6.45, 7) is 0. The molecule has 0 spiro atoms. The van der Waals surface area contributed by atoms with Gasteiger partial charge in [0.25, 0.3) is 0 Å². The van der Waals surface area contributed by atoms with Gasteiger partial charge in [0.1, 0.15) is 0 Å². The van der Waals surface area contributed by atoms with Crippen molar-refractivity contribution in [1.29, 1.82) is 0 Å². The van der Waals surface area contributed by atoms with E-state index in [2.05, 4.69) is 76.9 Å². The maximum atomic E-state index is 2.31. The van der Waals surface area contributed by atoms with E-state index in [0.29, 0.717) is 0 Å². The second-order valence-electron chi connectivity index (χ2n) is 3.53. The molecule has 0 unspecified atom stereocenters. The van der Waals surface area contributed by atoms with Crippen molar-refractivity contribution in [2.75, 3.05) is 0 Å². The predicted molar refractivity (Wildman–Crippen MR) is 76.4 cm³/mol. The molecule has 0 fully saturated rings. The second-order valence-corrected chi connectivity index (χ2v) is 6.32. The van der Waals surface area contributed by atoms with Gasteiger partial charge in [-0.05, 0) is 0 Å². The summed E-state index contributed by atoms with van der Waals surface area (Å²) in [6.07, 6.45) is 6.40. The van der Waals surface area contributed by atoms with Gasteiger partial charge < -0.3 is 0 Å². The van der Waals surface area contributed by atoms with E-state index in [9.17, 15) is 0 Å². The Labute approximate surface area is 113 Å². The van der Waals surface area contributed by atoms with E-state index in [1.807, 2.05) is 6.07 Å². The Kier molecular flexibility index (Phi) is 5.10. The zero-order chi connectivity index (χ0) is 11.8. The fourth-order valence-electron chi connectivity index (χ4n) is 1.39. The summed E-state index contributed by atoms with van der Waals surface area (Å²) in [6, 6.07) is 21.0. The Hall–Kier alpha value is -1.29. The summed E-state index contributed by atoms with van der Waals surface area (Å²) in [5.41, 5.74) is 1.25. The fourth-order valence-corrected chi connectivity index (χ4v) is 3.22. The number of hydrogen-bond donors (Lipinski definition) is 0. The molecule has 17 heavy (non-hydrogen) atoms. The monoisotopic (exact) mass is 336 g/mol. The molecule has 0 radical (unpaired) electrons. The summed E-state index contributed by atoms with van der Waals surface area (Å²) in [7, 11) is 0. The van der Waals surface area contributed by atoms with Crippen LogP contribution in [0, 0.1) is 0 Å². The van der Waals surface area contributed by atoms with Gasteiger partial charge >= 0.3 is 113 Å². The quantitative estimate of drug-likeness (QED) is 0.595. The first kappa shape index (κ1) is 12.2. The van der Waals surface area contributed by atoms with Crippen molar-refractivity contribution in [2.45, 2.75) is 0 Å². The number of hydrogen-bond acceptors (Lipinski definition) is 0. The van der Waals surface area contributed by atoms with E-state index < -0.39 is 0 Å². The third-order valence-electron chi connectivity index (χ3n) is 2.23. The average Bonchev–Trinajstić information content (AvgIpc) is 2.41. The molecule has 0 aromatic heterocycles. The van der Waals surface area contributed by atoms with Gasteiger partial charge in [-0.15, -0.1) is 0 Å². The van der Waals surface area contributed by atoms with Crippen LogP contribution in [-0.2, 0) is 0 Å². The first-order valence-corrected chi connectivity index (χ1v) is 8.06. The molecule has 0 bridgehead atoms. The molecule has 0 heterocycles. The van der Waals surface area contributed by atoms with Crippen LogP contribution in [0.5, 0.6) is 0 Å². The van der Waals surface area contributed by atoms with E-state index in [4.69, 9.17) is 0 Å². The second kappa shape index (κ2) is 7.12. The summed E-state index contributed by atoms with van der Waals surface area (Å²) < 4.78 is 3.78. The van der Waals surface area contributed by atoms with Gasteiger partial charge in [0.2, 0.25) is 0 Å². The molecule has 1 heteroatoms. The van der Waals surface area contributed by atoms with Crippen LogP contribution >= 0.6 is 0 Å². The molecule has 0 nitrogen and oxygen atoms in total. The summed E-state index contributed by atoms with van der Waals surface area (Å²) in [4.78, 5) is 0. The molecule has 2 rings (SSSR count). The molecule has 2 aromatic rings. The third-order valence-corrected chi connectivity index (χ3v) is 4.62. The summed E-state index contributed by atoms with van der Waals surface area (Å²) in [5.74, 6) is 0. The molecule has 0 atom stereocenters. The van der Waals surface area contributed by atoms with Crippen LogP contribution in [0.15, 0.2) is 76.9 Å². The Morgan fingerprint density at radius 2 is 1.35 bits per heavy atom. The van der Waals surface area contributed by atoms with E-state index in [0.717, 1.165) is 0 Å². The minimum absolute atomic E-state index is 0.165. The molecule has 0 aliphatic rings. The number of rotatable bonds is 4. The van der Waals surface area contributed by atoms with Crippen LogP contribution < -0.4 is 3.61 Å². The Bertz CT molecular complexity index is 483. The van der Waals surface area contributed by atoms with E-state index >= 15 is 0 Å². The Morgan fingerprint density at radius 1 is 0.706 bits per heavy atom. The normalized spacial score (nSPS) is 11.3. The zero-order valence-corrected chi connectivity index (χ0v) is 11.8. The van der Waals surface area contributed by atoms with Gasteiger partial charge in [-0.3, -0.25) is 0 Å². The Morgan fingerprint density at radius 3 is 2.06 bits per heavy atom. The summed E-state index contributed by atoms with van der Waals surface area (Å²) >= 11 is -0.165. The fraction of sp³-hybridized carbons (Fsp3) is 0. The van der Waals surface area contributed by atoms with Crippen LogP contribution in [0.3, 0.4) is 0 Å². The van der Waals surface area contributed by atoms with E-state index in [-0.39, 0.29) is 20.9 Å². The van der Waals surface area contributed by atoms with Gasteiger partial charge in [-0.25, -0.2) is 0 Å². The van der Waals surface area contributed by atoms with Crippen LogP contribution in [0.4, 0.5) is 0 Å². The van der Waals surface area contributed by atoms with Crippen LogP contribution in [0.1, 0.15) is 5.56 Å². The molecule has 84 valence electrons. The van der Waals surface area contributed by atoms with Crippen molar-refractivity contribution in [3.63, 3.8) is 0 Å². The van der Waals surface area contributed by atoms with Crippen molar-refractivity contribution in [1.82, 2.24) is 0 Å². The molecule has 0 N–H and O–H groups in total. The molecule has 0 saturated carbocycles. The van der Waals surface area contributed by atoms with E-state index in [1.54, 1.807) is 0 Å².